The van der Waals surface area contributed by atoms with Crippen LogP contribution in [0.2, 0.25) is 0 Å². The Morgan fingerprint density at radius 3 is 1.22 bits per heavy atom. The summed E-state index contributed by atoms with van der Waals surface area (Å²) in [5.41, 5.74) is 5.14. The molecule has 0 spiro atoms. The van der Waals surface area contributed by atoms with E-state index in [1.54, 1.807) is 24.3 Å². The second-order valence-electron chi connectivity index (χ2n) is 8.07. The maximum absolute atomic E-state index is 9.41. The number of aryl methyl sites for hydroxylation is 2. The van der Waals surface area contributed by atoms with Crippen molar-refractivity contribution in [3.05, 3.63) is 70.7 Å². The summed E-state index contributed by atoms with van der Waals surface area (Å²) < 4.78 is 11.8. The predicted octanol–water partition coefficient (Wildman–Crippen LogP) is 4.32. The lowest BCUT2D eigenvalue weighted by Crippen LogP contribution is -2.04. The smallest absolute Gasteiger partial charge is 0.249 e. The number of rotatable bonds is 2. The average Bonchev–Trinajstić information content (AvgIpc) is 3.51. The van der Waals surface area contributed by atoms with Crippen molar-refractivity contribution < 1.29 is 8.83 Å². The van der Waals surface area contributed by atoms with Gasteiger partial charge in [-0.15, -0.1) is 0 Å². The van der Waals surface area contributed by atoms with Gasteiger partial charge in [0.15, 0.2) is 11.1 Å². The van der Waals surface area contributed by atoms with E-state index in [1.165, 1.54) is 0 Å². The molecule has 0 bridgehead atoms. The van der Waals surface area contributed by atoms with Crippen LogP contribution in [0, 0.1) is 59.2 Å². The van der Waals surface area contributed by atoms with Gasteiger partial charge in [-0.1, -0.05) is 59.7 Å². The molecule has 2 heterocycles. The minimum absolute atomic E-state index is 0.156. The summed E-state index contributed by atoms with van der Waals surface area (Å²) in [5, 5.41) is 37.7. The van der Waals surface area contributed by atoms with Crippen molar-refractivity contribution >= 4 is 33.3 Å². The fourth-order valence-electron chi connectivity index (χ4n) is 3.98. The van der Waals surface area contributed by atoms with E-state index in [9.17, 15) is 21.0 Å². The van der Waals surface area contributed by atoms with Gasteiger partial charge in [0, 0.05) is 11.1 Å². The van der Waals surface area contributed by atoms with Crippen molar-refractivity contribution in [1.29, 1.82) is 21.0 Å². The Morgan fingerprint density at radius 1 is 0.583 bits per heavy atom. The van der Waals surface area contributed by atoms with E-state index in [-0.39, 0.29) is 33.4 Å². The van der Waals surface area contributed by atoms with Crippen molar-refractivity contribution in [2.45, 2.75) is 13.8 Å². The number of aromatic nitrogens is 2. The molecule has 0 fully saturated rings. The fraction of sp³-hybridized carbons (Fsp3) is 0.0714. The van der Waals surface area contributed by atoms with Gasteiger partial charge in [-0.25, -0.2) is 9.97 Å². The highest BCUT2D eigenvalue weighted by molar-refractivity contribution is 6.15. The molecule has 0 aliphatic rings. The molecule has 5 rings (SSSR count). The maximum Gasteiger partial charge on any atom is 0.249 e. The first-order valence-electron chi connectivity index (χ1n) is 10.7. The Balaban J connectivity index is 2.11. The molecule has 168 valence electrons. The SMILES string of the molecule is Cc1ccc(-c2c(-c3ccc(C)cc3)c3nc(=C(C#N)C#N)oc3c3oc(=C(C#N)C#N)nc23)cc1. The summed E-state index contributed by atoms with van der Waals surface area (Å²) in [7, 11) is 0. The summed E-state index contributed by atoms with van der Waals surface area (Å²) in [4.78, 5) is 9.06. The van der Waals surface area contributed by atoms with Crippen LogP contribution in [-0.4, -0.2) is 9.97 Å². The minimum atomic E-state index is -0.299. The number of fused-ring (bicyclic) bond motifs is 3. The van der Waals surface area contributed by atoms with Crippen LogP contribution in [0.25, 0.3) is 55.6 Å². The number of benzene rings is 3. The zero-order valence-corrected chi connectivity index (χ0v) is 19.1. The Labute approximate surface area is 204 Å². The highest BCUT2D eigenvalue weighted by Gasteiger charge is 2.25. The Hall–Kier alpha value is -5.70. The van der Waals surface area contributed by atoms with Crippen LogP contribution in [0.1, 0.15) is 11.1 Å². The number of nitriles is 4. The second-order valence-corrected chi connectivity index (χ2v) is 8.07. The number of oxazole rings is 2. The molecule has 0 saturated heterocycles. The van der Waals surface area contributed by atoms with E-state index in [0.717, 1.165) is 22.3 Å². The van der Waals surface area contributed by atoms with E-state index in [1.807, 2.05) is 62.4 Å². The van der Waals surface area contributed by atoms with Gasteiger partial charge in [0.25, 0.3) is 0 Å². The summed E-state index contributed by atoms with van der Waals surface area (Å²) in [5.74, 6) is 0. The predicted molar refractivity (Wildman–Crippen MR) is 130 cm³/mol. The molecule has 0 radical (unpaired) electrons. The first-order valence-corrected chi connectivity index (χ1v) is 10.7. The minimum Gasteiger partial charge on any atom is -0.431 e. The molecule has 0 aliphatic heterocycles. The Bertz CT molecular complexity index is 1800. The first kappa shape index (κ1) is 22.1. The third-order valence-electron chi connectivity index (χ3n) is 5.74. The highest BCUT2D eigenvalue weighted by atomic mass is 16.4. The molecular formula is C28H14N6O2. The van der Waals surface area contributed by atoms with E-state index < -0.39 is 0 Å². The van der Waals surface area contributed by atoms with E-state index in [4.69, 9.17) is 8.83 Å². The van der Waals surface area contributed by atoms with Gasteiger partial charge in [0.1, 0.15) is 35.3 Å². The number of hydrogen-bond acceptors (Lipinski definition) is 8. The molecule has 0 amide bonds. The summed E-state index contributed by atoms with van der Waals surface area (Å²) in [6, 6.07) is 22.8. The molecule has 0 N–H and O–H groups in total. The molecule has 8 heteroatoms. The van der Waals surface area contributed by atoms with Crippen LogP contribution < -0.4 is 11.1 Å². The van der Waals surface area contributed by atoms with Crippen LogP contribution >= 0.6 is 0 Å². The summed E-state index contributed by atoms with van der Waals surface area (Å²) >= 11 is 0. The normalized spacial score (nSPS) is 10.4. The first-order chi connectivity index (χ1) is 17.5. The Morgan fingerprint density at radius 2 is 0.917 bits per heavy atom. The van der Waals surface area contributed by atoms with Crippen molar-refractivity contribution in [2.75, 3.05) is 0 Å². The van der Waals surface area contributed by atoms with Gasteiger partial charge >= 0.3 is 0 Å². The van der Waals surface area contributed by atoms with Crippen LogP contribution in [0.5, 0.6) is 0 Å². The molecule has 36 heavy (non-hydrogen) atoms. The van der Waals surface area contributed by atoms with Crippen molar-refractivity contribution in [3.8, 4) is 46.5 Å². The third kappa shape index (κ3) is 3.44. The molecular weight excluding hydrogens is 452 g/mol. The summed E-state index contributed by atoms with van der Waals surface area (Å²) in [6.07, 6.45) is 0. The topological polar surface area (TPSA) is 147 Å². The van der Waals surface area contributed by atoms with Crippen LogP contribution in [0.3, 0.4) is 0 Å². The lowest BCUT2D eigenvalue weighted by atomic mass is 9.91. The van der Waals surface area contributed by atoms with E-state index in [0.29, 0.717) is 22.2 Å². The van der Waals surface area contributed by atoms with Gasteiger partial charge in [-0.2, -0.15) is 21.0 Å². The molecule has 0 aliphatic carbocycles. The van der Waals surface area contributed by atoms with Crippen LogP contribution in [0.15, 0.2) is 57.4 Å². The summed E-state index contributed by atoms with van der Waals surface area (Å²) in [6.45, 7) is 3.95. The quantitative estimate of drug-likeness (QED) is 0.374. The van der Waals surface area contributed by atoms with Gasteiger partial charge in [-0.05, 0) is 25.0 Å². The highest BCUT2D eigenvalue weighted by Crippen LogP contribution is 2.42. The lowest BCUT2D eigenvalue weighted by molar-refractivity contribution is 0.531. The largest absolute Gasteiger partial charge is 0.431 e. The molecule has 0 atom stereocenters. The van der Waals surface area contributed by atoms with Gasteiger partial charge in [-0.3, -0.25) is 0 Å². The van der Waals surface area contributed by atoms with Gasteiger partial charge in [0.05, 0.1) is 0 Å². The number of hydrogen-bond donors (Lipinski definition) is 0. The standard InChI is InChI=1S/C28H14N6O2/c1-15-3-7-17(8-4-15)21-22(18-9-5-16(2)6-10-18)24-26(36-28(34-24)20(13-31)14-32)25-23(21)33-27(35-25)19(11-29)12-30/h3-10H,1-2H3. The van der Waals surface area contributed by atoms with Crippen LogP contribution in [-0.2, 0) is 0 Å². The van der Waals surface area contributed by atoms with Gasteiger partial charge in [0.2, 0.25) is 22.3 Å². The number of nitrogens with zero attached hydrogens (tertiary/aromatic N) is 6. The van der Waals surface area contributed by atoms with E-state index in [2.05, 4.69) is 9.97 Å². The molecule has 2 aromatic heterocycles. The molecule has 0 unspecified atom stereocenters. The van der Waals surface area contributed by atoms with Crippen molar-refractivity contribution in [1.82, 2.24) is 9.97 Å². The second kappa shape index (κ2) is 8.58. The fourth-order valence-corrected chi connectivity index (χ4v) is 3.98. The molecule has 0 saturated carbocycles. The Kier molecular flexibility index (Phi) is 5.27. The van der Waals surface area contributed by atoms with Crippen molar-refractivity contribution in [2.24, 2.45) is 0 Å². The zero-order valence-electron chi connectivity index (χ0n) is 19.1. The maximum atomic E-state index is 9.41. The van der Waals surface area contributed by atoms with Gasteiger partial charge < -0.3 is 8.83 Å². The lowest BCUT2D eigenvalue weighted by Gasteiger charge is -2.12. The average molecular weight is 466 g/mol. The van der Waals surface area contributed by atoms with Crippen molar-refractivity contribution in [3.63, 3.8) is 0 Å². The van der Waals surface area contributed by atoms with Crippen LogP contribution in [0.4, 0.5) is 0 Å². The third-order valence-corrected chi connectivity index (χ3v) is 5.74. The van der Waals surface area contributed by atoms with E-state index >= 15 is 0 Å². The zero-order chi connectivity index (χ0) is 25.4. The molecule has 5 aromatic rings. The molecule has 3 aromatic carbocycles. The monoisotopic (exact) mass is 466 g/mol. The molecule has 8 nitrogen and oxygen atoms in total.